The molecule has 3 aromatic carbocycles. The van der Waals surface area contributed by atoms with Crippen molar-refractivity contribution in [2.75, 3.05) is 23.7 Å². The number of amides is 2. The van der Waals surface area contributed by atoms with Crippen LogP contribution in [0.4, 0.5) is 23.7 Å². The van der Waals surface area contributed by atoms with Crippen LogP contribution in [0.1, 0.15) is 55.7 Å². The minimum Gasteiger partial charge on any atom is -0.406 e. The van der Waals surface area contributed by atoms with Crippen molar-refractivity contribution in [2.45, 2.75) is 64.8 Å². The fraction of sp³-hybridized carbons (Fsp3) is 0.371. The van der Waals surface area contributed by atoms with Gasteiger partial charge in [-0.05, 0) is 86.6 Å². The highest BCUT2D eigenvalue weighted by Gasteiger charge is 2.32. The van der Waals surface area contributed by atoms with Gasteiger partial charge in [0.25, 0.3) is 0 Å². The summed E-state index contributed by atoms with van der Waals surface area (Å²) < 4.78 is 42.9. The Balaban J connectivity index is 1.17. The van der Waals surface area contributed by atoms with E-state index in [9.17, 15) is 18.0 Å². The molecule has 4 aromatic rings. The van der Waals surface area contributed by atoms with Crippen molar-refractivity contribution in [1.82, 2.24) is 19.7 Å². The smallest absolute Gasteiger partial charge is 0.406 e. The van der Waals surface area contributed by atoms with Crippen LogP contribution in [0.25, 0.3) is 17.1 Å². The number of carbonyl (C=O) groups excluding carboxylic acids is 1. The van der Waals surface area contributed by atoms with E-state index in [1.54, 1.807) is 11.8 Å². The molecule has 0 N–H and O–H groups in total. The molecule has 3 heterocycles. The van der Waals surface area contributed by atoms with E-state index in [4.69, 9.17) is 4.99 Å². The third kappa shape index (κ3) is 7.64. The van der Waals surface area contributed by atoms with E-state index >= 15 is 0 Å². The molecule has 246 valence electrons. The fourth-order valence-electron chi connectivity index (χ4n) is 6.08. The molecular formula is C35H37F3N6O2S. The lowest BCUT2D eigenvalue weighted by molar-refractivity contribution is -0.274. The van der Waals surface area contributed by atoms with Gasteiger partial charge in [0.15, 0.2) is 11.0 Å². The molecule has 0 saturated carbocycles. The number of benzene rings is 3. The number of hydrogen-bond acceptors (Lipinski definition) is 6. The van der Waals surface area contributed by atoms with Crippen LogP contribution in [0.3, 0.4) is 0 Å². The second kappa shape index (κ2) is 13.8. The van der Waals surface area contributed by atoms with Crippen LogP contribution in [0.15, 0.2) is 78.0 Å². The normalized spacial score (nSPS) is 17.9. The fourth-order valence-corrected chi connectivity index (χ4v) is 7.28. The molecule has 6 rings (SSSR count). The van der Waals surface area contributed by atoms with E-state index in [2.05, 4.69) is 58.7 Å². The topological polar surface area (TPSA) is 75.8 Å². The third-order valence-electron chi connectivity index (χ3n) is 8.65. The van der Waals surface area contributed by atoms with E-state index < -0.39 is 6.36 Å². The van der Waals surface area contributed by atoms with Gasteiger partial charge in [-0.2, -0.15) is 4.99 Å². The third-order valence-corrected chi connectivity index (χ3v) is 9.64. The number of thioether (sulfide) groups is 1. The minimum absolute atomic E-state index is 0.114. The van der Waals surface area contributed by atoms with Crippen LogP contribution < -0.4 is 9.64 Å². The Kier molecular flexibility index (Phi) is 9.58. The Bertz CT molecular complexity index is 1740. The lowest BCUT2D eigenvalue weighted by Gasteiger charge is -2.38. The molecule has 12 heteroatoms. The van der Waals surface area contributed by atoms with Gasteiger partial charge in [0.2, 0.25) is 0 Å². The summed E-state index contributed by atoms with van der Waals surface area (Å²) in [6.45, 7) is 7.63. The zero-order valence-electron chi connectivity index (χ0n) is 26.6. The van der Waals surface area contributed by atoms with Crippen LogP contribution in [-0.4, -0.2) is 62.1 Å². The summed E-state index contributed by atoms with van der Waals surface area (Å²) in [5.41, 5.74) is 6.12. The van der Waals surface area contributed by atoms with Gasteiger partial charge >= 0.3 is 12.4 Å². The molecule has 2 unspecified atom stereocenters. The number of urea groups is 1. The molecule has 2 aliphatic rings. The van der Waals surface area contributed by atoms with Crippen molar-refractivity contribution < 1.29 is 22.7 Å². The van der Waals surface area contributed by atoms with E-state index in [0.29, 0.717) is 24.6 Å². The summed E-state index contributed by atoms with van der Waals surface area (Å²) in [6.07, 6.45) is 0.388. The van der Waals surface area contributed by atoms with Crippen molar-refractivity contribution in [3.05, 3.63) is 89.7 Å². The molecule has 1 aromatic heterocycles. The quantitative estimate of drug-likeness (QED) is 0.198. The van der Waals surface area contributed by atoms with Crippen molar-refractivity contribution in [1.29, 1.82) is 0 Å². The number of aromatic nitrogens is 3. The van der Waals surface area contributed by atoms with Crippen molar-refractivity contribution in [3.63, 3.8) is 0 Å². The number of anilines is 1. The lowest BCUT2D eigenvalue weighted by Crippen LogP contribution is -2.44. The summed E-state index contributed by atoms with van der Waals surface area (Å²) in [4.78, 5) is 27.0. The van der Waals surface area contributed by atoms with Gasteiger partial charge in [0, 0.05) is 42.1 Å². The number of alkyl halides is 3. The maximum atomic E-state index is 13.7. The number of aliphatic imine (C=N–C) groups is 1. The summed E-state index contributed by atoms with van der Waals surface area (Å²) in [6, 6.07) is 20.1. The molecule has 2 atom stereocenters. The van der Waals surface area contributed by atoms with E-state index in [1.165, 1.54) is 52.1 Å². The van der Waals surface area contributed by atoms with Crippen LogP contribution in [0.2, 0.25) is 0 Å². The van der Waals surface area contributed by atoms with Gasteiger partial charge in [-0.1, -0.05) is 55.1 Å². The maximum absolute atomic E-state index is 13.7. The molecule has 47 heavy (non-hydrogen) atoms. The predicted molar refractivity (Wildman–Crippen MR) is 179 cm³/mol. The average molecular weight is 663 g/mol. The van der Waals surface area contributed by atoms with E-state index in [1.807, 2.05) is 29.2 Å². The summed E-state index contributed by atoms with van der Waals surface area (Å²) >= 11 is 1.66. The molecule has 0 spiro atoms. The molecule has 0 aliphatic carbocycles. The first kappa shape index (κ1) is 32.6. The van der Waals surface area contributed by atoms with Crippen molar-refractivity contribution in [3.8, 4) is 22.8 Å². The number of rotatable bonds is 7. The first-order valence-corrected chi connectivity index (χ1v) is 16.8. The van der Waals surface area contributed by atoms with Crippen LogP contribution in [0, 0.1) is 6.92 Å². The lowest BCUT2D eigenvalue weighted by atomic mass is 9.94. The zero-order valence-corrected chi connectivity index (χ0v) is 27.4. The highest BCUT2D eigenvalue weighted by Crippen LogP contribution is 2.34. The zero-order chi connectivity index (χ0) is 33.1. The predicted octanol–water partition coefficient (Wildman–Crippen LogP) is 8.39. The summed E-state index contributed by atoms with van der Waals surface area (Å²) in [5.74, 6) is 1.23. The monoisotopic (exact) mass is 662 g/mol. The van der Waals surface area contributed by atoms with Gasteiger partial charge in [0.1, 0.15) is 12.1 Å². The minimum atomic E-state index is -4.75. The Hall–Kier alpha value is -4.32. The molecule has 1 saturated heterocycles. The first-order valence-electron chi connectivity index (χ1n) is 15.9. The Morgan fingerprint density at radius 3 is 2.55 bits per heavy atom. The van der Waals surface area contributed by atoms with Gasteiger partial charge in [0.05, 0.1) is 5.69 Å². The number of carbonyl (C=O) groups is 1. The molecule has 1 fully saturated rings. The Morgan fingerprint density at radius 1 is 1.06 bits per heavy atom. The molecule has 2 aliphatic heterocycles. The van der Waals surface area contributed by atoms with Crippen LogP contribution >= 0.6 is 11.8 Å². The van der Waals surface area contributed by atoms with Crippen LogP contribution in [0.5, 0.6) is 5.75 Å². The largest absolute Gasteiger partial charge is 0.573 e. The van der Waals surface area contributed by atoms with Crippen molar-refractivity contribution in [2.24, 2.45) is 4.99 Å². The Morgan fingerprint density at radius 2 is 1.83 bits per heavy atom. The van der Waals surface area contributed by atoms with E-state index in [0.717, 1.165) is 47.7 Å². The number of ether oxygens (including phenoxy) is 1. The van der Waals surface area contributed by atoms with Gasteiger partial charge < -0.3 is 14.5 Å². The number of aryl methyl sites for hydroxylation is 2. The molecule has 8 nitrogen and oxygen atoms in total. The van der Waals surface area contributed by atoms with Crippen molar-refractivity contribution >= 4 is 28.6 Å². The SMILES string of the molecule is CCC(CN1CCCc2ccc(C)cc2N2C(=NC1=O)SCCC2C)c1ccc(-c2ncn(-c3ccc(OC(F)(F)F)cc3)n2)cc1. The molecule has 0 radical (unpaired) electrons. The Labute approximate surface area is 276 Å². The van der Waals surface area contributed by atoms with Gasteiger partial charge in [-0.15, -0.1) is 18.3 Å². The number of halogens is 3. The maximum Gasteiger partial charge on any atom is 0.573 e. The molecular weight excluding hydrogens is 625 g/mol. The number of nitrogens with zero attached hydrogens (tertiary/aromatic N) is 6. The second-order valence-electron chi connectivity index (χ2n) is 12.0. The number of fused-ring (bicyclic) bond motifs is 3. The van der Waals surface area contributed by atoms with Crippen LogP contribution in [-0.2, 0) is 6.42 Å². The van der Waals surface area contributed by atoms with E-state index in [-0.39, 0.29) is 23.7 Å². The average Bonchev–Trinajstić information content (AvgIpc) is 3.53. The number of hydrogen-bond donors (Lipinski definition) is 0. The first-order chi connectivity index (χ1) is 22.6. The molecule has 0 bridgehead atoms. The van der Waals surface area contributed by atoms with Gasteiger partial charge in [-0.25, -0.2) is 14.5 Å². The van der Waals surface area contributed by atoms with Gasteiger partial charge in [-0.3, -0.25) is 0 Å². The molecule has 2 amide bonds. The summed E-state index contributed by atoms with van der Waals surface area (Å²) in [5, 5.41) is 5.30. The highest BCUT2D eigenvalue weighted by atomic mass is 32.2. The standard InChI is InChI=1S/C35H37F3N6O2S/c1-4-25(21-42-18-5-6-27-8-7-23(2)20-31(27)44-24(3)17-19-47-34(44)40-33(42)45)26-9-11-28(12-10-26)32-39-22-43(41-32)29-13-15-30(16-14-29)46-35(36,37)38/h7-16,20,22,24-25H,4-6,17-19,21H2,1-3H3. The second-order valence-corrected chi connectivity index (χ2v) is 13.1. The number of amidine groups is 1. The highest BCUT2D eigenvalue weighted by molar-refractivity contribution is 8.14. The summed E-state index contributed by atoms with van der Waals surface area (Å²) in [7, 11) is 0.